The second-order valence-corrected chi connectivity index (χ2v) is 9.65. The molecule has 0 aromatic heterocycles. The van der Waals surface area contributed by atoms with Crippen LogP contribution < -0.4 is 9.62 Å². The van der Waals surface area contributed by atoms with Gasteiger partial charge in [-0.15, -0.1) is 0 Å². The van der Waals surface area contributed by atoms with Crippen LogP contribution in [0, 0.1) is 0 Å². The Balaban J connectivity index is 1.38. The number of anilines is 1. The molecule has 0 amide bonds. The van der Waals surface area contributed by atoms with Crippen LogP contribution in [0.25, 0.3) is 0 Å². The molecule has 29 heavy (non-hydrogen) atoms. The van der Waals surface area contributed by atoms with Crippen LogP contribution in [0.5, 0.6) is 0 Å². The Morgan fingerprint density at radius 1 is 0.966 bits per heavy atom. The fourth-order valence-electron chi connectivity index (χ4n) is 3.60. The second-order valence-electron chi connectivity index (χ2n) is 7.45. The molecular weight excluding hydrogens is 406 g/mol. The smallest absolute Gasteiger partial charge is 0.240 e. The van der Waals surface area contributed by atoms with Gasteiger partial charge in [-0.05, 0) is 61.3 Å². The van der Waals surface area contributed by atoms with E-state index >= 15 is 0 Å². The van der Waals surface area contributed by atoms with Gasteiger partial charge < -0.3 is 4.90 Å². The van der Waals surface area contributed by atoms with Gasteiger partial charge in [0.1, 0.15) is 0 Å². The third-order valence-electron chi connectivity index (χ3n) is 5.28. The van der Waals surface area contributed by atoms with E-state index in [2.05, 4.69) is 33.6 Å². The van der Waals surface area contributed by atoms with Gasteiger partial charge >= 0.3 is 0 Å². The van der Waals surface area contributed by atoms with Crippen LogP contribution in [0.2, 0.25) is 5.02 Å². The van der Waals surface area contributed by atoms with E-state index in [1.54, 1.807) is 12.1 Å². The quantitative estimate of drug-likeness (QED) is 0.609. The molecule has 1 aliphatic rings. The fraction of sp³-hybridized carbons (Fsp3) is 0.455. The van der Waals surface area contributed by atoms with Crippen molar-refractivity contribution in [2.24, 2.45) is 0 Å². The van der Waals surface area contributed by atoms with E-state index in [-0.39, 0.29) is 0 Å². The summed E-state index contributed by atoms with van der Waals surface area (Å²) in [5.41, 5.74) is 2.37. The summed E-state index contributed by atoms with van der Waals surface area (Å²) >= 11 is 5.96. The van der Waals surface area contributed by atoms with Crippen LogP contribution in [0.4, 0.5) is 5.69 Å². The minimum atomic E-state index is -3.43. The number of nitrogens with zero attached hydrogens (tertiary/aromatic N) is 2. The highest BCUT2D eigenvalue weighted by Crippen LogP contribution is 2.19. The molecule has 0 spiro atoms. The number of halogens is 1. The number of piperazine rings is 1. The lowest BCUT2D eigenvalue weighted by atomic mass is 10.1. The number of hydrogen-bond acceptors (Lipinski definition) is 4. The summed E-state index contributed by atoms with van der Waals surface area (Å²) in [7, 11) is -3.43. The first kappa shape index (κ1) is 22.1. The summed E-state index contributed by atoms with van der Waals surface area (Å²) in [5.74, 6) is 0. The normalized spacial score (nSPS) is 15.6. The molecule has 0 bridgehead atoms. The first-order chi connectivity index (χ1) is 14.0. The maximum absolute atomic E-state index is 12.4. The minimum absolute atomic E-state index is 0.342. The molecule has 5 nitrogen and oxygen atoms in total. The lowest BCUT2D eigenvalue weighted by Gasteiger charge is -2.36. The maximum Gasteiger partial charge on any atom is 0.240 e. The molecule has 1 aliphatic heterocycles. The van der Waals surface area contributed by atoms with Crippen molar-refractivity contribution in [1.29, 1.82) is 0 Å². The first-order valence-corrected chi connectivity index (χ1v) is 12.2. The molecule has 3 rings (SSSR count). The maximum atomic E-state index is 12.4. The molecular formula is C22H30ClN3O2S. The molecule has 0 radical (unpaired) electrons. The molecule has 158 valence electrons. The van der Waals surface area contributed by atoms with Gasteiger partial charge in [0.05, 0.1) is 4.90 Å². The average Bonchev–Trinajstić information content (AvgIpc) is 2.73. The zero-order valence-electron chi connectivity index (χ0n) is 17.0. The van der Waals surface area contributed by atoms with Gasteiger partial charge in [0, 0.05) is 43.4 Å². The Morgan fingerprint density at radius 3 is 2.24 bits per heavy atom. The summed E-state index contributed by atoms with van der Waals surface area (Å²) in [6.07, 6.45) is 2.82. The van der Waals surface area contributed by atoms with Crippen LogP contribution in [0.15, 0.2) is 53.4 Å². The van der Waals surface area contributed by atoms with Crippen molar-refractivity contribution in [3.05, 3.63) is 59.1 Å². The summed E-state index contributed by atoms with van der Waals surface area (Å²) in [6, 6.07) is 15.2. The monoisotopic (exact) mass is 435 g/mol. The highest BCUT2D eigenvalue weighted by Gasteiger charge is 2.17. The lowest BCUT2D eigenvalue weighted by Crippen LogP contribution is -2.47. The summed E-state index contributed by atoms with van der Waals surface area (Å²) in [6.45, 7) is 7.37. The predicted molar refractivity (Wildman–Crippen MR) is 120 cm³/mol. The van der Waals surface area contributed by atoms with Crippen LogP contribution >= 0.6 is 11.6 Å². The van der Waals surface area contributed by atoms with Gasteiger partial charge in [0.2, 0.25) is 10.0 Å². The van der Waals surface area contributed by atoms with Crippen molar-refractivity contribution >= 4 is 27.3 Å². The van der Waals surface area contributed by atoms with Gasteiger partial charge in [-0.2, -0.15) is 0 Å². The van der Waals surface area contributed by atoms with E-state index in [0.717, 1.165) is 57.0 Å². The largest absolute Gasteiger partial charge is 0.369 e. The third kappa shape index (κ3) is 6.44. The zero-order chi connectivity index (χ0) is 20.7. The molecule has 1 heterocycles. The van der Waals surface area contributed by atoms with Gasteiger partial charge in [0.15, 0.2) is 0 Å². The highest BCUT2D eigenvalue weighted by atomic mass is 35.5. The van der Waals surface area contributed by atoms with Crippen molar-refractivity contribution in [3.8, 4) is 0 Å². The van der Waals surface area contributed by atoms with Gasteiger partial charge in [-0.3, -0.25) is 4.90 Å². The number of hydrogen-bond donors (Lipinski definition) is 1. The summed E-state index contributed by atoms with van der Waals surface area (Å²) < 4.78 is 27.6. The van der Waals surface area contributed by atoms with E-state index in [1.807, 2.05) is 24.3 Å². The van der Waals surface area contributed by atoms with Crippen molar-refractivity contribution in [2.75, 3.05) is 44.2 Å². The molecule has 2 aromatic rings. The number of sulfonamides is 1. The van der Waals surface area contributed by atoms with Crippen molar-refractivity contribution in [3.63, 3.8) is 0 Å². The number of aryl methyl sites for hydroxylation is 1. The third-order valence-corrected chi connectivity index (χ3v) is 7.01. The highest BCUT2D eigenvalue weighted by molar-refractivity contribution is 7.89. The summed E-state index contributed by atoms with van der Waals surface area (Å²) in [5, 5.41) is 0.756. The number of nitrogens with one attached hydrogen (secondary N) is 1. The van der Waals surface area contributed by atoms with Crippen molar-refractivity contribution in [2.45, 2.75) is 31.1 Å². The molecule has 1 N–H and O–H groups in total. The van der Waals surface area contributed by atoms with Gasteiger partial charge in [0.25, 0.3) is 0 Å². The van der Waals surface area contributed by atoms with E-state index in [9.17, 15) is 8.42 Å². The van der Waals surface area contributed by atoms with Crippen LogP contribution in [-0.2, 0) is 16.4 Å². The molecule has 0 saturated carbocycles. The molecule has 2 aromatic carbocycles. The predicted octanol–water partition coefficient (Wildman–Crippen LogP) is 3.78. The number of benzene rings is 2. The van der Waals surface area contributed by atoms with Crippen LogP contribution in [0.1, 0.15) is 25.3 Å². The molecule has 0 aliphatic carbocycles. The van der Waals surface area contributed by atoms with Crippen LogP contribution in [-0.4, -0.2) is 52.6 Å². The SMILES string of the molecule is CCCc1ccc(S(=O)(=O)NCCCN2CCN(c3ccc(Cl)cc3)CC2)cc1. The Labute approximate surface area is 179 Å². The van der Waals surface area contributed by atoms with Crippen molar-refractivity contribution < 1.29 is 8.42 Å². The zero-order valence-corrected chi connectivity index (χ0v) is 18.6. The number of rotatable bonds is 9. The van der Waals surface area contributed by atoms with E-state index in [1.165, 1.54) is 11.3 Å². The molecule has 0 atom stereocenters. The van der Waals surface area contributed by atoms with Crippen molar-refractivity contribution in [1.82, 2.24) is 9.62 Å². The molecule has 1 fully saturated rings. The first-order valence-electron chi connectivity index (χ1n) is 10.3. The molecule has 0 unspecified atom stereocenters. The fourth-order valence-corrected chi connectivity index (χ4v) is 4.80. The average molecular weight is 436 g/mol. The van der Waals surface area contributed by atoms with E-state index in [4.69, 9.17) is 11.6 Å². The van der Waals surface area contributed by atoms with Crippen LogP contribution in [0.3, 0.4) is 0 Å². The van der Waals surface area contributed by atoms with E-state index in [0.29, 0.717) is 11.4 Å². The minimum Gasteiger partial charge on any atom is -0.369 e. The molecule has 7 heteroatoms. The van der Waals surface area contributed by atoms with E-state index < -0.39 is 10.0 Å². The second kappa shape index (κ2) is 10.4. The lowest BCUT2D eigenvalue weighted by molar-refractivity contribution is 0.255. The molecule has 1 saturated heterocycles. The Morgan fingerprint density at radius 2 is 1.62 bits per heavy atom. The summed E-state index contributed by atoms with van der Waals surface area (Å²) in [4.78, 5) is 5.09. The van der Waals surface area contributed by atoms with Gasteiger partial charge in [-0.1, -0.05) is 37.1 Å². The standard InChI is InChI=1S/C22H30ClN3O2S/c1-2-4-19-5-11-22(12-6-19)29(27,28)24-13-3-14-25-15-17-26(18-16-25)21-9-7-20(23)8-10-21/h5-12,24H,2-4,13-18H2,1H3. The van der Waals surface area contributed by atoms with Gasteiger partial charge in [-0.25, -0.2) is 13.1 Å². The topological polar surface area (TPSA) is 52.7 Å². The Kier molecular flexibility index (Phi) is 7.95. The Bertz CT molecular complexity index is 862. The Hall–Kier alpha value is -1.60.